The summed E-state index contributed by atoms with van der Waals surface area (Å²) < 4.78 is 5.65. The van der Waals surface area contributed by atoms with Crippen molar-refractivity contribution in [1.29, 1.82) is 0 Å². The molecule has 0 spiro atoms. The molecule has 0 aromatic rings. The Kier molecular flexibility index (Phi) is 1.80. The summed E-state index contributed by atoms with van der Waals surface area (Å²) in [6.45, 7) is 3.69. The van der Waals surface area contributed by atoms with Crippen molar-refractivity contribution in [3.8, 4) is 0 Å². The van der Waals surface area contributed by atoms with Crippen LogP contribution in [0, 0.1) is 5.41 Å². The van der Waals surface area contributed by atoms with Crippen LogP contribution in [0.4, 0.5) is 0 Å². The Labute approximate surface area is 72.6 Å². The first kappa shape index (κ1) is 7.99. The second kappa shape index (κ2) is 2.70. The van der Waals surface area contributed by atoms with Crippen LogP contribution in [0.15, 0.2) is 12.7 Å². The lowest BCUT2D eigenvalue weighted by molar-refractivity contribution is -0.118. The molecule has 2 nitrogen and oxygen atoms in total. The van der Waals surface area contributed by atoms with Crippen molar-refractivity contribution in [3.63, 3.8) is 0 Å². The highest BCUT2D eigenvalue weighted by molar-refractivity contribution is 5.62. The van der Waals surface area contributed by atoms with Crippen LogP contribution < -0.4 is 0 Å². The van der Waals surface area contributed by atoms with Gasteiger partial charge in [0.1, 0.15) is 6.29 Å². The molecule has 2 heteroatoms. The Morgan fingerprint density at radius 3 is 2.83 bits per heavy atom. The maximum Gasteiger partial charge on any atom is 0.129 e. The topological polar surface area (TPSA) is 26.3 Å². The molecule has 2 fully saturated rings. The Morgan fingerprint density at radius 1 is 1.58 bits per heavy atom. The van der Waals surface area contributed by atoms with Gasteiger partial charge >= 0.3 is 0 Å². The van der Waals surface area contributed by atoms with Crippen LogP contribution in [0.5, 0.6) is 0 Å². The van der Waals surface area contributed by atoms with Gasteiger partial charge in [-0.1, -0.05) is 6.08 Å². The zero-order valence-electron chi connectivity index (χ0n) is 7.16. The number of aldehydes is 1. The zero-order valence-corrected chi connectivity index (χ0v) is 7.16. The van der Waals surface area contributed by atoms with Gasteiger partial charge < -0.3 is 9.53 Å². The minimum absolute atomic E-state index is 0.179. The molecule has 12 heavy (non-hydrogen) atoms. The van der Waals surface area contributed by atoms with Crippen molar-refractivity contribution in [2.45, 2.75) is 37.9 Å². The largest absolute Gasteiger partial charge is 0.374 e. The lowest BCUT2D eigenvalue weighted by Gasteiger charge is -2.27. The van der Waals surface area contributed by atoms with Gasteiger partial charge in [0.05, 0.1) is 17.6 Å². The predicted molar refractivity (Wildman–Crippen MR) is 45.8 cm³/mol. The molecule has 2 rings (SSSR count). The highest BCUT2D eigenvalue weighted by Crippen LogP contribution is 2.48. The summed E-state index contributed by atoms with van der Waals surface area (Å²) in [4.78, 5) is 11.0. The Morgan fingerprint density at radius 2 is 2.42 bits per heavy atom. The van der Waals surface area contributed by atoms with Crippen LogP contribution in [-0.2, 0) is 9.53 Å². The molecule has 2 aliphatic heterocycles. The van der Waals surface area contributed by atoms with Gasteiger partial charge in [0.2, 0.25) is 0 Å². The van der Waals surface area contributed by atoms with Crippen LogP contribution in [-0.4, -0.2) is 18.5 Å². The van der Waals surface area contributed by atoms with Gasteiger partial charge in [0, 0.05) is 0 Å². The van der Waals surface area contributed by atoms with Gasteiger partial charge in [0.15, 0.2) is 0 Å². The zero-order chi connectivity index (χ0) is 8.60. The van der Waals surface area contributed by atoms with Gasteiger partial charge in [-0.3, -0.25) is 0 Å². The summed E-state index contributed by atoms with van der Waals surface area (Å²) in [6, 6.07) is 0. The van der Waals surface area contributed by atoms with Crippen LogP contribution in [0.25, 0.3) is 0 Å². The summed E-state index contributed by atoms with van der Waals surface area (Å²) in [6.07, 6.45) is 7.31. The fourth-order valence-electron chi connectivity index (χ4n) is 2.49. The molecule has 0 amide bonds. The maximum absolute atomic E-state index is 11.0. The maximum atomic E-state index is 11.0. The normalized spacial score (nSPS) is 44.7. The second-order valence-corrected chi connectivity index (χ2v) is 3.87. The van der Waals surface area contributed by atoms with E-state index < -0.39 is 0 Å². The second-order valence-electron chi connectivity index (χ2n) is 3.87. The molecule has 2 saturated heterocycles. The van der Waals surface area contributed by atoms with Crippen molar-refractivity contribution in [1.82, 2.24) is 0 Å². The Hall–Kier alpha value is -0.630. The molecule has 0 radical (unpaired) electrons. The van der Waals surface area contributed by atoms with Gasteiger partial charge in [-0.2, -0.15) is 0 Å². The summed E-state index contributed by atoms with van der Waals surface area (Å²) in [5.41, 5.74) is -0.218. The van der Waals surface area contributed by atoms with Crippen LogP contribution in [0.2, 0.25) is 0 Å². The third-order valence-corrected chi connectivity index (χ3v) is 3.12. The van der Waals surface area contributed by atoms with Gasteiger partial charge in [-0.15, -0.1) is 6.58 Å². The Bertz CT molecular complexity index is 212. The van der Waals surface area contributed by atoms with E-state index in [4.69, 9.17) is 4.74 Å². The van der Waals surface area contributed by atoms with Gasteiger partial charge in [0.25, 0.3) is 0 Å². The minimum atomic E-state index is -0.218. The molecule has 2 bridgehead atoms. The lowest BCUT2D eigenvalue weighted by atomic mass is 9.73. The molecule has 3 unspecified atom stereocenters. The number of hydrogen-bond acceptors (Lipinski definition) is 2. The smallest absolute Gasteiger partial charge is 0.129 e. The van der Waals surface area contributed by atoms with Crippen LogP contribution in [0.3, 0.4) is 0 Å². The number of carbonyl (C=O) groups is 1. The van der Waals surface area contributed by atoms with E-state index >= 15 is 0 Å². The number of rotatable bonds is 3. The van der Waals surface area contributed by atoms with Crippen molar-refractivity contribution in [2.75, 3.05) is 0 Å². The molecule has 0 aromatic carbocycles. The van der Waals surface area contributed by atoms with E-state index in [9.17, 15) is 4.79 Å². The summed E-state index contributed by atoms with van der Waals surface area (Å²) in [5.74, 6) is 0. The minimum Gasteiger partial charge on any atom is -0.374 e. The third-order valence-electron chi connectivity index (χ3n) is 3.12. The number of fused-ring (bicyclic) bond motifs is 2. The SMILES string of the molecule is C=CCC1(C=O)CC2CCC1O2. The third kappa shape index (κ3) is 0.944. The van der Waals surface area contributed by atoms with Gasteiger partial charge in [-0.25, -0.2) is 0 Å². The quantitative estimate of drug-likeness (QED) is 0.471. The molecule has 3 atom stereocenters. The van der Waals surface area contributed by atoms with Crippen molar-refractivity contribution < 1.29 is 9.53 Å². The first-order valence-electron chi connectivity index (χ1n) is 4.53. The molecule has 0 N–H and O–H groups in total. The van der Waals surface area contributed by atoms with Crippen LogP contribution in [0.1, 0.15) is 25.7 Å². The van der Waals surface area contributed by atoms with Crippen LogP contribution >= 0.6 is 0 Å². The Balaban J connectivity index is 2.18. The average molecular weight is 166 g/mol. The molecule has 2 aliphatic rings. The van der Waals surface area contributed by atoms with E-state index in [0.717, 1.165) is 32.0 Å². The highest BCUT2D eigenvalue weighted by atomic mass is 16.5. The number of hydrogen-bond donors (Lipinski definition) is 0. The molecular formula is C10H14O2. The lowest BCUT2D eigenvalue weighted by Crippen LogP contribution is -2.33. The number of allylic oxidation sites excluding steroid dienone is 1. The molecule has 2 heterocycles. The van der Waals surface area contributed by atoms with Crippen molar-refractivity contribution in [2.24, 2.45) is 5.41 Å². The predicted octanol–water partition coefficient (Wildman–Crippen LogP) is 1.70. The van der Waals surface area contributed by atoms with E-state index in [-0.39, 0.29) is 11.5 Å². The van der Waals surface area contributed by atoms with E-state index in [0.29, 0.717) is 6.10 Å². The average Bonchev–Trinajstić information content (AvgIpc) is 2.64. The monoisotopic (exact) mass is 166 g/mol. The van der Waals surface area contributed by atoms with Gasteiger partial charge in [-0.05, 0) is 25.7 Å². The standard InChI is InChI=1S/C10H14O2/c1-2-5-10(7-11)6-8-3-4-9(10)12-8/h2,7-9H,1,3-6H2. The van der Waals surface area contributed by atoms with Crippen molar-refractivity contribution in [3.05, 3.63) is 12.7 Å². The molecule has 0 aromatic heterocycles. The molecule has 66 valence electrons. The molecular weight excluding hydrogens is 152 g/mol. The first-order chi connectivity index (χ1) is 5.80. The summed E-state index contributed by atoms with van der Waals surface area (Å²) in [7, 11) is 0. The van der Waals surface area contributed by atoms with E-state index in [2.05, 4.69) is 6.58 Å². The fraction of sp³-hybridized carbons (Fsp3) is 0.700. The van der Waals surface area contributed by atoms with Crippen molar-refractivity contribution >= 4 is 6.29 Å². The van der Waals surface area contributed by atoms with E-state index in [1.165, 1.54) is 0 Å². The first-order valence-corrected chi connectivity index (χ1v) is 4.53. The fourth-order valence-corrected chi connectivity index (χ4v) is 2.49. The number of ether oxygens (including phenoxy) is 1. The number of carbonyl (C=O) groups excluding carboxylic acids is 1. The summed E-state index contributed by atoms with van der Waals surface area (Å²) in [5, 5.41) is 0. The van der Waals surface area contributed by atoms with E-state index in [1.54, 1.807) is 0 Å². The molecule has 0 aliphatic carbocycles. The van der Waals surface area contributed by atoms with E-state index in [1.807, 2.05) is 6.08 Å². The highest BCUT2D eigenvalue weighted by Gasteiger charge is 2.51. The summed E-state index contributed by atoms with van der Waals surface area (Å²) >= 11 is 0. The molecule has 0 saturated carbocycles.